The Morgan fingerprint density at radius 1 is 0.892 bits per heavy atom. The lowest BCUT2D eigenvalue weighted by Crippen LogP contribution is -2.32. The van der Waals surface area contributed by atoms with Crippen molar-refractivity contribution >= 4 is 17.7 Å². The van der Waals surface area contributed by atoms with Gasteiger partial charge in [0.05, 0.1) is 17.7 Å². The molecular weight excluding hydrogens is 464 g/mol. The Morgan fingerprint density at radius 3 is 2.46 bits per heavy atom. The summed E-state index contributed by atoms with van der Waals surface area (Å²) in [5.41, 5.74) is 6.14. The van der Waals surface area contributed by atoms with Gasteiger partial charge in [0.1, 0.15) is 0 Å². The van der Waals surface area contributed by atoms with Crippen molar-refractivity contribution in [1.82, 2.24) is 20.0 Å². The molecule has 0 aliphatic carbocycles. The number of benzene rings is 3. The molecule has 0 radical (unpaired) electrons. The van der Waals surface area contributed by atoms with Crippen LogP contribution in [0.5, 0.6) is 0 Å². The van der Waals surface area contributed by atoms with Crippen molar-refractivity contribution in [2.24, 2.45) is 0 Å². The molecule has 186 valence electrons. The van der Waals surface area contributed by atoms with Crippen LogP contribution in [0.4, 0.5) is 0 Å². The number of amides is 3. The van der Waals surface area contributed by atoms with Crippen LogP contribution in [-0.4, -0.2) is 38.9 Å². The van der Waals surface area contributed by atoms with Gasteiger partial charge >= 0.3 is 0 Å². The van der Waals surface area contributed by atoms with E-state index in [1.54, 1.807) is 18.3 Å². The lowest BCUT2D eigenvalue weighted by atomic mass is 9.98. The van der Waals surface area contributed by atoms with Gasteiger partial charge in [-0.05, 0) is 53.8 Å². The second-order valence-electron chi connectivity index (χ2n) is 9.25. The number of imide groups is 1. The molecule has 7 heteroatoms. The average Bonchev–Trinajstić information content (AvgIpc) is 3.50. The molecule has 7 nitrogen and oxygen atoms in total. The number of carbonyl (C=O) groups is 3. The van der Waals surface area contributed by atoms with Crippen LogP contribution in [0.3, 0.4) is 0 Å². The van der Waals surface area contributed by atoms with Crippen LogP contribution in [0, 0.1) is 6.92 Å². The van der Waals surface area contributed by atoms with Crippen molar-refractivity contribution in [3.63, 3.8) is 0 Å². The van der Waals surface area contributed by atoms with E-state index in [4.69, 9.17) is 0 Å². The van der Waals surface area contributed by atoms with E-state index < -0.39 is 0 Å². The van der Waals surface area contributed by atoms with Crippen molar-refractivity contribution < 1.29 is 14.4 Å². The number of carbonyl (C=O) groups excluding carboxylic acids is 3. The number of nitrogens with zero attached hydrogens (tertiary/aromatic N) is 3. The quantitative estimate of drug-likeness (QED) is 0.346. The second-order valence-corrected chi connectivity index (χ2v) is 9.25. The zero-order chi connectivity index (χ0) is 25.8. The summed E-state index contributed by atoms with van der Waals surface area (Å²) >= 11 is 0. The van der Waals surface area contributed by atoms with E-state index in [1.807, 2.05) is 54.2 Å². The van der Waals surface area contributed by atoms with Gasteiger partial charge in [-0.3, -0.25) is 24.0 Å². The summed E-state index contributed by atoms with van der Waals surface area (Å²) in [6.07, 6.45) is 4.35. The summed E-state index contributed by atoms with van der Waals surface area (Å²) in [6, 6.07) is 23.5. The Bertz CT molecular complexity index is 1440. The predicted octanol–water partition coefficient (Wildman–Crippen LogP) is 4.60. The molecule has 0 saturated carbocycles. The van der Waals surface area contributed by atoms with E-state index in [9.17, 15) is 14.4 Å². The number of fused-ring (bicyclic) bond motifs is 1. The predicted molar refractivity (Wildman–Crippen MR) is 141 cm³/mol. The van der Waals surface area contributed by atoms with E-state index >= 15 is 0 Å². The third kappa shape index (κ3) is 5.35. The summed E-state index contributed by atoms with van der Waals surface area (Å²) in [4.78, 5) is 39.0. The molecule has 0 saturated heterocycles. The maximum absolute atomic E-state index is 12.6. The van der Waals surface area contributed by atoms with Gasteiger partial charge in [0.2, 0.25) is 5.91 Å². The molecule has 0 atom stereocenters. The molecule has 1 aliphatic heterocycles. The van der Waals surface area contributed by atoms with Crippen LogP contribution in [0.1, 0.15) is 50.2 Å². The van der Waals surface area contributed by atoms with Crippen molar-refractivity contribution in [2.75, 3.05) is 6.54 Å². The maximum Gasteiger partial charge on any atom is 0.261 e. The van der Waals surface area contributed by atoms with Crippen LogP contribution in [-0.2, 0) is 17.9 Å². The van der Waals surface area contributed by atoms with E-state index in [0.29, 0.717) is 30.6 Å². The van der Waals surface area contributed by atoms with Gasteiger partial charge < -0.3 is 5.32 Å². The normalized spacial score (nSPS) is 12.6. The first-order valence-corrected chi connectivity index (χ1v) is 12.4. The summed E-state index contributed by atoms with van der Waals surface area (Å²) in [5, 5.41) is 7.23. The number of hydrogen-bond acceptors (Lipinski definition) is 4. The van der Waals surface area contributed by atoms with Gasteiger partial charge in [-0.1, -0.05) is 60.2 Å². The Balaban J connectivity index is 1.14. The minimum absolute atomic E-state index is 0.114. The van der Waals surface area contributed by atoms with Crippen LogP contribution in [0.25, 0.3) is 11.1 Å². The fraction of sp³-hybridized carbons (Fsp3) is 0.200. The van der Waals surface area contributed by atoms with Crippen LogP contribution in [0.15, 0.2) is 85.2 Å². The molecule has 4 aromatic rings. The van der Waals surface area contributed by atoms with E-state index in [-0.39, 0.29) is 30.7 Å². The van der Waals surface area contributed by atoms with Crippen molar-refractivity contribution in [3.05, 3.63) is 113 Å². The minimum Gasteiger partial charge on any atom is -0.352 e. The van der Waals surface area contributed by atoms with Gasteiger partial charge in [-0.2, -0.15) is 5.10 Å². The smallest absolute Gasteiger partial charge is 0.261 e. The number of rotatable bonds is 9. The molecule has 1 N–H and O–H groups in total. The zero-order valence-electron chi connectivity index (χ0n) is 20.7. The molecule has 0 bridgehead atoms. The topological polar surface area (TPSA) is 84.3 Å². The summed E-state index contributed by atoms with van der Waals surface area (Å²) in [5.74, 6) is -0.685. The highest BCUT2D eigenvalue weighted by atomic mass is 16.2. The number of hydrogen-bond donors (Lipinski definition) is 1. The largest absolute Gasteiger partial charge is 0.352 e. The highest BCUT2D eigenvalue weighted by molar-refractivity contribution is 6.21. The summed E-state index contributed by atoms with van der Waals surface area (Å²) in [7, 11) is 0. The monoisotopic (exact) mass is 492 g/mol. The molecule has 0 fully saturated rings. The van der Waals surface area contributed by atoms with Crippen LogP contribution in [0.2, 0.25) is 0 Å². The number of aromatic nitrogens is 2. The maximum atomic E-state index is 12.6. The van der Waals surface area contributed by atoms with Gasteiger partial charge in [0, 0.05) is 31.9 Å². The van der Waals surface area contributed by atoms with Gasteiger partial charge in [-0.25, -0.2) is 0 Å². The van der Waals surface area contributed by atoms with Crippen molar-refractivity contribution in [3.8, 4) is 11.1 Å². The molecule has 0 unspecified atom stereocenters. The third-order valence-corrected chi connectivity index (χ3v) is 6.57. The molecule has 1 aromatic heterocycles. The van der Waals surface area contributed by atoms with Crippen LogP contribution < -0.4 is 5.32 Å². The Morgan fingerprint density at radius 2 is 1.68 bits per heavy atom. The van der Waals surface area contributed by atoms with Gasteiger partial charge in [0.25, 0.3) is 11.8 Å². The fourth-order valence-electron chi connectivity index (χ4n) is 4.61. The lowest BCUT2D eigenvalue weighted by molar-refractivity contribution is -0.121. The molecule has 3 aromatic carbocycles. The molecule has 0 spiro atoms. The van der Waals surface area contributed by atoms with Crippen LogP contribution >= 0.6 is 0 Å². The first-order chi connectivity index (χ1) is 18.0. The zero-order valence-corrected chi connectivity index (χ0v) is 20.7. The van der Waals surface area contributed by atoms with Gasteiger partial charge in [-0.15, -0.1) is 0 Å². The second kappa shape index (κ2) is 10.6. The van der Waals surface area contributed by atoms with Gasteiger partial charge in [0.15, 0.2) is 0 Å². The lowest BCUT2D eigenvalue weighted by Gasteiger charge is -2.14. The third-order valence-electron chi connectivity index (χ3n) is 6.57. The summed E-state index contributed by atoms with van der Waals surface area (Å²) < 4.78 is 1.88. The molecular formula is C30H28N4O3. The minimum atomic E-state index is -0.287. The standard InChI is InChI=1S/C30H28N4O3/c1-21-9-14-26-27(18-21)30(37)34(29(26)36)17-4-8-28(35)31-19-24-6-2-3-7-25(24)23-12-10-22(11-13-23)20-33-16-5-15-32-33/h2-3,5-7,9-16,18H,4,8,17,19-20H2,1H3,(H,31,35). The average molecular weight is 493 g/mol. The summed E-state index contributed by atoms with van der Waals surface area (Å²) in [6.45, 7) is 3.23. The molecule has 37 heavy (non-hydrogen) atoms. The first-order valence-electron chi connectivity index (χ1n) is 12.4. The Hall–Kier alpha value is -4.52. The van der Waals surface area contributed by atoms with Crippen molar-refractivity contribution in [2.45, 2.75) is 32.9 Å². The molecule has 1 aliphatic rings. The van der Waals surface area contributed by atoms with E-state index in [2.05, 4.69) is 34.7 Å². The number of nitrogens with one attached hydrogen (secondary N) is 1. The fourth-order valence-corrected chi connectivity index (χ4v) is 4.61. The molecule has 3 amide bonds. The highest BCUT2D eigenvalue weighted by Crippen LogP contribution is 2.25. The first kappa shape index (κ1) is 24.2. The highest BCUT2D eigenvalue weighted by Gasteiger charge is 2.34. The Kier molecular flexibility index (Phi) is 6.94. The molecule has 2 heterocycles. The molecule has 5 rings (SSSR count). The van der Waals surface area contributed by atoms with Crippen molar-refractivity contribution in [1.29, 1.82) is 0 Å². The van der Waals surface area contributed by atoms with E-state index in [1.165, 1.54) is 4.90 Å². The number of aryl methyl sites for hydroxylation is 1. The SMILES string of the molecule is Cc1ccc2c(c1)C(=O)N(CCCC(=O)NCc1ccccc1-c1ccc(Cn3cccn3)cc1)C2=O. The Labute approximate surface area is 215 Å². The van der Waals surface area contributed by atoms with E-state index in [0.717, 1.165) is 27.8 Å².